The zero-order chi connectivity index (χ0) is 18.7. The molecule has 1 fully saturated rings. The molecular formula is C20H23N3O3. The number of aryl methyl sites for hydroxylation is 1. The molecule has 1 saturated heterocycles. The van der Waals surface area contributed by atoms with Crippen molar-refractivity contribution in [3.8, 4) is 0 Å². The molecule has 6 heteroatoms. The summed E-state index contributed by atoms with van der Waals surface area (Å²) in [7, 11) is 0. The standard InChI is InChI=1S/C20H23N3O3/c1-14-13-16(6-11-19(14)23(25)26)20(24)21-17-7-9-18(10-8-17)22-12-4-3-5-15(22)2/h6-11,13,15H,3-5,12H2,1-2H3,(H,21,24)/t15-/m1/s1. The van der Waals surface area contributed by atoms with Gasteiger partial charge in [0, 0.05) is 41.2 Å². The van der Waals surface area contributed by atoms with E-state index in [1.54, 1.807) is 6.92 Å². The molecule has 0 aromatic heterocycles. The molecule has 2 aromatic rings. The zero-order valence-electron chi connectivity index (χ0n) is 15.1. The summed E-state index contributed by atoms with van der Waals surface area (Å²) in [6.45, 7) is 4.93. The number of nitro groups is 1. The summed E-state index contributed by atoms with van der Waals surface area (Å²) in [6.07, 6.45) is 3.70. The molecule has 1 aliphatic rings. The number of benzene rings is 2. The first-order valence-corrected chi connectivity index (χ1v) is 8.89. The highest BCUT2D eigenvalue weighted by molar-refractivity contribution is 6.04. The van der Waals surface area contributed by atoms with Gasteiger partial charge in [-0.2, -0.15) is 0 Å². The maximum atomic E-state index is 12.4. The molecule has 1 amide bonds. The van der Waals surface area contributed by atoms with Crippen molar-refractivity contribution in [2.75, 3.05) is 16.8 Å². The van der Waals surface area contributed by atoms with E-state index in [2.05, 4.69) is 17.1 Å². The molecule has 1 heterocycles. The third kappa shape index (κ3) is 3.85. The summed E-state index contributed by atoms with van der Waals surface area (Å²) in [4.78, 5) is 25.2. The molecule has 0 unspecified atom stereocenters. The normalized spacial score (nSPS) is 17.0. The van der Waals surface area contributed by atoms with E-state index in [-0.39, 0.29) is 11.6 Å². The molecule has 1 aliphatic heterocycles. The smallest absolute Gasteiger partial charge is 0.272 e. The van der Waals surface area contributed by atoms with Crippen LogP contribution < -0.4 is 10.2 Å². The molecule has 6 nitrogen and oxygen atoms in total. The van der Waals surface area contributed by atoms with Crippen LogP contribution in [-0.4, -0.2) is 23.4 Å². The van der Waals surface area contributed by atoms with Crippen molar-refractivity contribution in [2.45, 2.75) is 39.2 Å². The Morgan fingerprint density at radius 1 is 1.19 bits per heavy atom. The Labute approximate surface area is 153 Å². The summed E-state index contributed by atoms with van der Waals surface area (Å²) in [5.74, 6) is -0.276. The highest BCUT2D eigenvalue weighted by atomic mass is 16.6. The van der Waals surface area contributed by atoms with Gasteiger partial charge in [0.15, 0.2) is 0 Å². The van der Waals surface area contributed by atoms with Crippen LogP contribution in [0.25, 0.3) is 0 Å². The summed E-state index contributed by atoms with van der Waals surface area (Å²) in [5, 5.41) is 13.7. The summed E-state index contributed by atoms with van der Waals surface area (Å²) in [5.41, 5.74) is 2.77. The zero-order valence-corrected chi connectivity index (χ0v) is 15.1. The number of nitrogens with zero attached hydrogens (tertiary/aromatic N) is 2. The van der Waals surface area contributed by atoms with Crippen molar-refractivity contribution in [3.05, 3.63) is 63.7 Å². The first-order valence-electron chi connectivity index (χ1n) is 8.89. The van der Waals surface area contributed by atoms with Gasteiger partial charge in [-0.1, -0.05) is 0 Å². The minimum atomic E-state index is -0.447. The Kier molecular flexibility index (Phi) is 5.21. The first-order chi connectivity index (χ1) is 12.5. The minimum Gasteiger partial charge on any atom is -0.369 e. The van der Waals surface area contributed by atoms with Crippen LogP contribution >= 0.6 is 0 Å². The van der Waals surface area contributed by atoms with E-state index in [1.807, 2.05) is 24.3 Å². The lowest BCUT2D eigenvalue weighted by Gasteiger charge is -2.35. The van der Waals surface area contributed by atoms with Crippen LogP contribution in [0.3, 0.4) is 0 Å². The van der Waals surface area contributed by atoms with Crippen LogP contribution in [0.2, 0.25) is 0 Å². The lowest BCUT2D eigenvalue weighted by atomic mass is 10.0. The molecule has 0 radical (unpaired) electrons. The van der Waals surface area contributed by atoms with Crippen molar-refractivity contribution in [1.29, 1.82) is 0 Å². The lowest BCUT2D eigenvalue weighted by Crippen LogP contribution is -2.37. The van der Waals surface area contributed by atoms with E-state index in [0.717, 1.165) is 6.54 Å². The highest BCUT2D eigenvalue weighted by Gasteiger charge is 2.18. The van der Waals surface area contributed by atoms with Crippen molar-refractivity contribution >= 4 is 23.0 Å². The van der Waals surface area contributed by atoms with E-state index in [9.17, 15) is 14.9 Å². The van der Waals surface area contributed by atoms with E-state index >= 15 is 0 Å². The molecule has 1 N–H and O–H groups in total. The number of amides is 1. The third-order valence-corrected chi connectivity index (χ3v) is 4.92. The van der Waals surface area contributed by atoms with Gasteiger partial charge in [-0.05, 0) is 69.5 Å². The summed E-state index contributed by atoms with van der Waals surface area (Å²) < 4.78 is 0. The van der Waals surface area contributed by atoms with Crippen LogP contribution in [-0.2, 0) is 0 Å². The second kappa shape index (κ2) is 7.56. The number of nitrogens with one attached hydrogen (secondary N) is 1. The quantitative estimate of drug-likeness (QED) is 0.647. The van der Waals surface area contributed by atoms with Gasteiger partial charge in [0.2, 0.25) is 0 Å². The van der Waals surface area contributed by atoms with Crippen molar-refractivity contribution < 1.29 is 9.72 Å². The van der Waals surface area contributed by atoms with Crippen LogP contribution in [0, 0.1) is 17.0 Å². The second-order valence-electron chi connectivity index (χ2n) is 6.80. The van der Waals surface area contributed by atoms with Gasteiger partial charge in [-0.25, -0.2) is 0 Å². The van der Waals surface area contributed by atoms with Gasteiger partial charge in [-0.3, -0.25) is 14.9 Å². The number of rotatable bonds is 4. The number of anilines is 2. The van der Waals surface area contributed by atoms with Gasteiger partial charge < -0.3 is 10.2 Å². The van der Waals surface area contributed by atoms with Crippen molar-refractivity contribution in [2.24, 2.45) is 0 Å². The molecule has 136 valence electrons. The van der Waals surface area contributed by atoms with Crippen LogP contribution in [0.1, 0.15) is 42.1 Å². The average molecular weight is 353 g/mol. The maximum absolute atomic E-state index is 12.4. The third-order valence-electron chi connectivity index (χ3n) is 4.92. The monoisotopic (exact) mass is 353 g/mol. The largest absolute Gasteiger partial charge is 0.369 e. The Balaban J connectivity index is 1.70. The molecule has 2 aromatic carbocycles. The molecule has 0 bridgehead atoms. The Bertz CT molecular complexity index is 818. The van der Waals surface area contributed by atoms with Crippen LogP contribution in [0.4, 0.5) is 17.1 Å². The molecule has 1 atom stereocenters. The van der Waals surface area contributed by atoms with E-state index in [1.165, 1.54) is 43.1 Å². The predicted molar refractivity (Wildman–Crippen MR) is 103 cm³/mol. The molecule has 0 saturated carbocycles. The number of carbonyl (C=O) groups excluding carboxylic acids is 1. The fourth-order valence-corrected chi connectivity index (χ4v) is 3.42. The van der Waals surface area contributed by atoms with E-state index in [0.29, 0.717) is 22.9 Å². The highest BCUT2D eigenvalue weighted by Crippen LogP contribution is 2.26. The molecule has 0 spiro atoms. The summed E-state index contributed by atoms with van der Waals surface area (Å²) in [6, 6.07) is 12.8. The number of piperidine rings is 1. The topological polar surface area (TPSA) is 75.5 Å². The van der Waals surface area contributed by atoms with Crippen LogP contribution in [0.5, 0.6) is 0 Å². The van der Waals surface area contributed by atoms with E-state index in [4.69, 9.17) is 0 Å². The fourth-order valence-electron chi connectivity index (χ4n) is 3.42. The molecular weight excluding hydrogens is 330 g/mol. The summed E-state index contributed by atoms with van der Waals surface area (Å²) >= 11 is 0. The SMILES string of the molecule is Cc1cc(C(=O)Nc2ccc(N3CCCC[C@H]3C)cc2)ccc1[N+](=O)[O-]. The Morgan fingerprint density at radius 3 is 2.54 bits per heavy atom. The Morgan fingerprint density at radius 2 is 1.92 bits per heavy atom. The number of carbonyl (C=O) groups is 1. The number of nitro benzene ring substituents is 1. The van der Waals surface area contributed by atoms with Gasteiger partial charge in [0.05, 0.1) is 4.92 Å². The lowest BCUT2D eigenvalue weighted by molar-refractivity contribution is -0.385. The van der Waals surface area contributed by atoms with Gasteiger partial charge >= 0.3 is 0 Å². The first kappa shape index (κ1) is 17.9. The van der Waals surface area contributed by atoms with Gasteiger partial charge in [-0.15, -0.1) is 0 Å². The second-order valence-corrected chi connectivity index (χ2v) is 6.80. The Hall–Kier alpha value is -2.89. The fraction of sp³-hybridized carbons (Fsp3) is 0.350. The number of hydrogen-bond donors (Lipinski definition) is 1. The van der Waals surface area contributed by atoms with Gasteiger partial charge in [0.25, 0.3) is 11.6 Å². The van der Waals surface area contributed by atoms with E-state index < -0.39 is 4.92 Å². The molecule has 3 rings (SSSR count). The van der Waals surface area contributed by atoms with Crippen LogP contribution in [0.15, 0.2) is 42.5 Å². The molecule has 0 aliphatic carbocycles. The van der Waals surface area contributed by atoms with Crippen molar-refractivity contribution in [3.63, 3.8) is 0 Å². The van der Waals surface area contributed by atoms with Crippen molar-refractivity contribution in [1.82, 2.24) is 0 Å². The average Bonchev–Trinajstić information content (AvgIpc) is 2.62. The maximum Gasteiger partial charge on any atom is 0.272 e. The predicted octanol–water partition coefficient (Wildman–Crippen LogP) is 4.53. The minimum absolute atomic E-state index is 0.0153. The molecule has 26 heavy (non-hydrogen) atoms. The van der Waals surface area contributed by atoms with Gasteiger partial charge in [0.1, 0.15) is 0 Å². The number of hydrogen-bond acceptors (Lipinski definition) is 4.